The fourth-order valence-corrected chi connectivity index (χ4v) is 9.04. The van der Waals surface area contributed by atoms with Gasteiger partial charge in [-0.15, -0.1) is 0 Å². The van der Waals surface area contributed by atoms with Gasteiger partial charge in [0.25, 0.3) is 8.32 Å². The highest BCUT2D eigenvalue weighted by atomic mass is 28.4. The van der Waals surface area contributed by atoms with Gasteiger partial charge in [-0.25, -0.2) is 0 Å². The maximum Gasteiger partial charge on any atom is 0.261 e. The van der Waals surface area contributed by atoms with E-state index in [9.17, 15) is 5.11 Å². The molecule has 2 heterocycles. The van der Waals surface area contributed by atoms with Gasteiger partial charge in [0.15, 0.2) is 6.29 Å². The minimum absolute atomic E-state index is 0.130. The molecule has 2 aromatic rings. The van der Waals surface area contributed by atoms with Crippen molar-refractivity contribution in [2.24, 2.45) is 0 Å². The van der Waals surface area contributed by atoms with Gasteiger partial charge >= 0.3 is 0 Å². The van der Waals surface area contributed by atoms with Crippen LogP contribution in [-0.2, 0) is 18.6 Å². The molecule has 1 N–H and O–H groups in total. The molecule has 0 saturated carbocycles. The van der Waals surface area contributed by atoms with E-state index in [1.165, 1.54) is 10.4 Å². The van der Waals surface area contributed by atoms with Crippen LogP contribution >= 0.6 is 0 Å². The van der Waals surface area contributed by atoms with Crippen molar-refractivity contribution in [3.8, 4) is 0 Å². The molecule has 4 rings (SSSR count). The minimum atomic E-state index is -2.68. The summed E-state index contributed by atoms with van der Waals surface area (Å²) < 4.78 is 23.8. The number of fused-ring (bicyclic) bond motifs is 1. The van der Waals surface area contributed by atoms with Crippen LogP contribution in [0.1, 0.15) is 20.8 Å². The highest BCUT2D eigenvalue weighted by Crippen LogP contribution is 2.40. The van der Waals surface area contributed by atoms with Gasteiger partial charge in [-0.2, -0.15) is 0 Å². The molecule has 0 bridgehead atoms. The second kappa shape index (κ2) is 7.94. The number of hydrogen-bond acceptors (Lipinski definition) is 5. The Morgan fingerprint density at radius 2 is 1.45 bits per heavy atom. The Labute approximate surface area is 173 Å². The van der Waals surface area contributed by atoms with E-state index in [4.69, 9.17) is 18.6 Å². The van der Waals surface area contributed by atoms with Gasteiger partial charge in [-0.05, 0) is 15.4 Å². The summed E-state index contributed by atoms with van der Waals surface area (Å²) in [6.07, 6.45) is -2.09. The lowest BCUT2D eigenvalue weighted by Gasteiger charge is -2.44. The molecule has 29 heavy (non-hydrogen) atoms. The Kier molecular flexibility index (Phi) is 5.68. The first-order valence-corrected chi connectivity index (χ1v) is 12.1. The van der Waals surface area contributed by atoms with Crippen LogP contribution in [-0.4, -0.2) is 57.8 Å². The Morgan fingerprint density at radius 1 is 0.897 bits per heavy atom. The van der Waals surface area contributed by atoms with Gasteiger partial charge in [0, 0.05) is 7.11 Å². The van der Waals surface area contributed by atoms with E-state index in [0.29, 0.717) is 0 Å². The third kappa shape index (κ3) is 3.69. The summed E-state index contributed by atoms with van der Waals surface area (Å²) >= 11 is 0. The number of rotatable bonds is 6. The number of epoxide rings is 1. The van der Waals surface area contributed by atoms with Gasteiger partial charge in [0.1, 0.15) is 24.4 Å². The summed E-state index contributed by atoms with van der Waals surface area (Å²) in [5, 5.41) is 12.9. The molecule has 0 unspecified atom stereocenters. The van der Waals surface area contributed by atoms with Crippen molar-refractivity contribution >= 4 is 18.7 Å². The van der Waals surface area contributed by atoms with Gasteiger partial charge in [0.05, 0.1) is 6.61 Å². The number of hydrogen-bond donors (Lipinski definition) is 1. The number of benzene rings is 2. The van der Waals surface area contributed by atoms with E-state index in [1.54, 1.807) is 7.11 Å². The van der Waals surface area contributed by atoms with Crippen LogP contribution in [0.15, 0.2) is 60.7 Å². The molecule has 2 aliphatic heterocycles. The van der Waals surface area contributed by atoms with E-state index in [0.717, 1.165) is 0 Å². The van der Waals surface area contributed by atoms with Crippen molar-refractivity contribution in [3.63, 3.8) is 0 Å². The third-order valence-corrected chi connectivity index (χ3v) is 11.0. The highest BCUT2D eigenvalue weighted by Gasteiger charge is 2.59. The smallest absolute Gasteiger partial charge is 0.261 e. The van der Waals surface area contributed by atoms with Crippen LogP contribution in [0.25, 0.3) is 0 Å². The Bertz CT molecular complexity index is 768. The second-order valence-corrected chi connectivity index (χ2v) is 13.1. The van der Waals surface area contributed by atoms with Crippen LogP contribution in [0.4, 0.5) is 0 Å². The monoisotopic (exact) mass is 414 g/mol. The predicted octanol–water partition coefficient (Wildman–Crippen LogP) is 2.06. The molecule has 0 aliphatic carbocycles. The van der Waals surface area contributed by atoms with Crippen molar-refractivity contribution < 1.29 is 23.7 Å². The summed E-state index contributed by atoms with van der Waals surface area (Å²) in [6.45, 7) is 6.97. The molecule has 2 fully saturated rings. The summed E-state index contributed by atoms with van der Waals surface area (Å²) in [7, 11) is -1.08. The summed E-state index contributed by atoms with van der Waals surface area (Å²) in [4.78, 5) is 0. The lowest BCUT2D eigenvalue weighted by molar-refractivity contribution is -0.206. The van der Waals surface area contributed by atoms with E-state index in [-0.39, 0.29) is 23.9 Å². The molecule has 2 aliphatic rings. The van der Waals surface area contributed by atoms with Crippen molar-refractivity contribution in [2.75, 3.05) is 13.7 Å². The van der Waals surface area contributed by atoms with Crippen molar-refractivity contribution in [1.29, 1.82) is 0 Å². The third-order valence-electron chi connectivity index (χ3n) is 5.97. The van der Waals surface area contributed by atoms with Crippen LogP contribution in [0.5, 0.6) is 0 Å². The van der Waals surface area contributed by atoms with E-state index in [2.05, 4.69) is 69.3 Å². The average molecular weight is 415 g/mol. The van der Waals surface area contributed by atoms with Crippen molar-refractivity contribution in [2.45, 2.75) is 56.5 Å². The quantitative estimate of drug-likeness (QED) is 0.579. The van der Waals surface area contributed by atoms with Crippen LogP contribution < -0.4 is 10.4 Å². The number of aliphatic hydroxyl groups excluding tert-OH is 1. The Hall–Kier alpha value is -1.54. The molecule has 2 saturated heterocycles. The van der Waals surface area contributed by atoms with Crippen LogP contribution in [0, 0.1) is 0 Å². The average Bonchev–Trinajstić information content (AvgIpc) is 3.52. The van der Waals surface area contributed by atoms with E-state index >= 15 is 0 Å². The second-order valence-electron chi connectivity index (χ2n) is 8.81. The zero-order chi connectivity index (χ0) is 20.6. The molecule has 0 spiro atoms. The lowest BCUT2D eigenvalue weighted by atomic mass is 10.1. The number of aliphatic hydroxyl groups is 1. The zero-order valence-corrected chi connectivity index (χ0v) is 18.4. The van der Waals surface area contributed by atoms with Gasteiger partial charge in [0.2, 0.25) is 0 Å². The maximum atomic E-state index is 10.7. The number of methoxy groups -OCH3 is 1. The van der Waals surface area contributed by atoms with Crippen molar-refractivity contribution in [1.82, 2.24) is 0 Å². The minimum Gasteiger partial charge on any atom is -0.405 e. The first kappa shape index (κ1) is 20.7. The molecule has 0 aromatic heterocycles. The molecule has 0 radical (unpaired) electrons. The molecular weight excluding hydrogens is 384 g/mol. The largest absolute Gasteiger partial charge is 0.405 e. The van der Waals surface area contributed by atoms with Crippen LogP contribution in [0.3, 0.4) is 0 Å². The van der Waals surface area contributed by atoms with Gasteiger partial charge in [-0.3, -0.25) is 0 Å². The molecule has 0 amide bonds. The topological polar surface area (TPSA) is 60.5 Å². The van der Waals surface area contributed by atoms with E-state index in [1.807, 2.05) is 12.1 Å². The molecule has 5 atom stereocenters. The number of ether oxygens (including phenoxy) is 3. The first-order chi connectivity index (χ1) is 13.9. The lowest BCUT2D eigenvalue weighted by Crippen LogP contribution is -2.67. The summed E-state index contributed by atoms with van der Waals surface area (Å²) in [6, 6.07) is 20.9. The fraction of sp³-hybridized carbons (Fsp3) is 0.478. The first-order valence-electron chi connectivity index (χ1n) is 10.2. The van der Waals surface area contributed by atoms with Crippen molar-refractivity contribution in [3.05, 3.63) is 60.7 Å². The summed E-state index contributed by atoms with van der Waals surface area (Å²) in [5.41, 5.74) is 0. The van der Waals surface area contributed by atoms with Gasteiger partial charge < -0.3 is 23.7 Å². The van der Waals surface area contributed by atoms with E-state index < -0.39 is 26.8 Å². The Morgan fingerprint density at radius 3 is 1.93 bits per heavy atom. The summed E-state index contributed by atoms with van der Waals surface area (Å²) in [5.74, 6) is 0. The molecule has 5 nitrogen and oxygen atoms in total. The standard InChI is InChI=1S/C23H30O5Si/c1-23(2,3)29(16-11-7-5-8-12-16,17-13-9-6-10-14-17)26-15-18-19(24)20-21(28-20)22(25-4)27-18/h5-14,18-22,24H,15H2,1-4H3/t18-,19+,20+,21+,22+/m0/s1. The zero-order valence-electron chi connectivity index (χ0n) is 17.4. The molecule has 156 valence electrons. The Balaban J connectivity index is 1.69. The van der Waals surface area contributed by atoms with Crippen LogP contribution in [0.2, 0.25) is 5.04 Å². The SMILES string of the molecule is CO[C@@H]1O[C@@H](CO[Si](c2ccccc2)(c2ccccc2)C(C)(C)C)[C@@H](O)[C@H]2O[C@@H]12. The molecule has 6 heteroatoms. The molecule has 2 aromatic carbocycles. The maximum absolute atomic E-state index is 10.7. The normalized spacial score (nSPS) is 29.3. The van der Waals surface area contributed by atoms with Gasteiger partial charge in [-0.1, -0.05) is 81.4 Å². The predicted molar refractivity (Wildman–Crippen MR) is 114 cm³/mol. The fourth-order valence-electron chi connectivity index (χ4n) is 4.47. The molecular formula is C23H30O5Si. The highest BCUT2D eigenvalue weighted by molar-refractivity contribution is 6.99.